The Bertz CT molecular complexity index is 1640. The number of carbonyl (C=O) groups excluding carboxylic acids is 1. The van der Waals surface area contributed by atoms with Crippen LogP contribution in [0.3, 0.4) is 0 Å². The van der Waals surface area contributed by atoms with Crippen molar-refractivity contribution in [2.75, 3.05) is 0 Å². The standard InChI is InChI=1S/C14H18S.C13H16OS.C8H10S.C5H8O2.CH3.BrH.Mg/c1-8-9(2)13-11-6-4-5-7-12(11)15-14(13)10(8)3;1-7-8(2)12(14)13-11(7)9-5-3-4-6-10(9)15-13;1-2-4-8-7(3-1)5-6-9-8;1-3-4(2)5(6)7;;;/h9H,4-7H2,1-3H3;7-8H,3-6H2,1-2H3;5-6H,1-4H2;3H,1-2H3,(H,6,7);1H3;1H;/q;;;;-1;;+2/p-1/b;;;4-3+;;;. The first-order valence-corrected chi connectivity index (χ1v) is 20.0. The molecule has 3 unspecified atom stereocenters. The Morgan fingerprint density at radius 3 is 1.84 bits per heavy atom. The van der Waals surface area contributed by atoms with Gasteiger partial charge in [0.05, 0.1) is 4.88 Å². The maximum Gasteiger partial charge on any atom is 2.00 e. The van der Waals surface area contributed by atoms with Crippen LogP contribution in [0.25, 0.3) is 5.57 Å². The van der Waals surface area contributed by atoms with E-state index in [4.69, 9.17) is 5.11 Å². The summed E-state index contributed by atoms with van der Waals surface area (Å²) < 4.78 is 0. The molecule has 3 aromatic rings. The van der Waals surface area contributed by atoms with Gasteiger partial charge in [-0.3, -0.25) is 4.79 Å². The zero-order chi connectivity index (χ0) is 33.1. The van der Waals surface area contributed by atoms with Gasteiger partial charge in [0.2, 0.25) is 0 Å². The fourth-order valence-electron chi connectivity index (χ4n) is 7.52. The van der Waals surface area contributed by atoms with Gasteiger partial charge in [-0.05, 0) is 155 Å². The van der Waals surface area contributed by atoms with Gasteiger partial charge in [-0.2, -0.15) is 0 Å². The van der Waals surface area contributed by atoms with Crippen LogP contribution in [-0.2, 0) is 43.3 Å². The van der Waals surface area contributed by atoms with Crippen LogP contribution >= 0.6 is 34.0 Å². The first-order valence-electron chi connectivity index (χ1n) is 17.5. The zero-order valence-corrected chi connectivity index (χ0v) is 36.5. The number of carboxylic acids is 1. The van der Waals surface area contributed by atoms with Crippen LogP contribution in [0.15, 0.2) is 28.7 Å². The molecule has 5 aliphatic carbocycles. The van der Waals surface area contributed by atoms with Crippen molar-refractivity contribution < 1.29 is 31.7 Å². The number of hydrogen-bond acceptors (Lipinski definition) is 5. The van der Waals surface area contributed by atoms with E-state index in [-0.39, 0.29) is 53.4 Å². The molecule has 1 N–H and O–H groups in total. The van der Waals surface area contributed by atoms with Crippen molar-refractivity contribution in [2.45, 2.75) is 137 Å². The molecule has 8 heteroatoms. The van der Waals surface area contributed by atoms with Gasteiger partial charge in [0, 0.05) is 36.9 Å². The van der Waals surface area contributed by atoms with Gasteiger partial charge in [0.1, 0.15) is 0 Å². The summed E-state index contributed by atoms with van der Waals surface area (Å²) in [5.74, 6) is 0.932. The molecule has 264 valence electrons. The normalized spacial score (nSPS) is 21.2. The van der Waals surface area contributed by atoms with Crippen molar-refractivity contribution in [3.8, 4) is 0 Å². The molecule has 3 aromatic heterocycles. The van der Waals surface area contributed by atoms with Crippen LogP contribution in [0, 0.1) is 13.3 Å². The Morgan fingerprint density at radius 2 is 1.31 bits per heavy atom. The molecular formula is C41H55BrMgO3S3. The van der Waals surface area contributed by atoms with Gasteiger partial charge in [-0.1, -0.05) is 32.4 Å². The van der Waals surface area contributed by atoms with E-state index >= 15 is 0 Å². The summed E-state index contributed by atoms with van der Waals surface area (Å²) in [7, 11) is 0. The van der Waals surface area contributed by atoms with Crippen LogP contribution in [-0.4, -0.2) is 39.9 Å². The van der Waals surface area contributed by atoms with Crippen LogP contribution in [0.1, 0.15) is 156 Å². The second-order valence-corrected chi connectivity index (χ2v) is 16.9. The van der Waals surface area contributed by atoms with E-state index < -0.39 is 5.97 Å². The van der Waals surface area contributed by atoms with Crippen molar-refractivity contribution in [3.63, 3.8) is 0 Å². The van der Waals surface area contributed by atoms with Crippen molar-refractivity contribution >= 4 is 74.4 Å². The average Bonchev–Trinajstić information content (AvgIpc) is 3.87. The molecule has 5 aliphatic rings. The molecule has 0 saturated heterocycles. The van der Waals surface area contributed by atoms with Gasteiger partial charge in [0.25, 0.3) is 0 Å². The third-order valence-electron chi connectivity index (χ3n) is 11.0. The number of thiophene rings is 3. The molecule has 0 aliphatic heterocycles. The molecule has 0 amide bonds. The smallest absolute Gasteiger partial charge is 1.00 e. The Balaban J connectivity index is 0.000000232. The maximum absolute atomic E-state index is 12.0. The number of carboxylic acid groups (broad SMARTS) is 1. The number of carbonyl (C=O) groups is 2. The van der Waals surface area contributed by atoms with Gasteiger partial charge >= 0.3 is 29.0 Å². The number of Topliss-reactive ketones (excluding diaryl/α,β-unsaturated/α-hetero) is 1. The second kappa shape index (κ2) is 19.7. The first kappa shape index (κ1) is 44.1. The van der Waals surface area contributed by atoms with Gasteiger partial charge in [-0.15, -0.1) is 34.0 Å². The molecule has 0 saturated carbocycles. The number of aryl methyl sites for hydroxylation is 4. The molecule has 0 fully saturated rings. The predicted octanol–water partition coefficient (Wildman–Crippen LogP) is 8.84. The molecule has 0 aromatic carbocycles. The molecule has 0 bridgehead atoms. The number of allylic oxidation sites excluding steroid dienone is 3. The number of fused-ring (bicyclic) bond motifs is 7. The third kappa shape index (κ3) is 9.50. The molecule has 8 rings (SSSR count). The average molecular weight is 796 g/mol. The van der Waals surface area contributed by atoms with Gasteiger partial charge < -0.3 is 29.5 Å². The maximum atomic E-state index is 12.0. The Labute approximate surface area is 335 Å². The molecule has 0 spiro atoms. The minimum atomic E-state index is -0.845. The van der Waals surface area contributed by atoms with Crippen molar-refractivity contribution in [3.05, 3.63) is 88.3 Å². The van der Waals surface area contributed by atoms with E-state index in [9.17, 15) is 9.59 Å². The van der Waals surface area contributed by atoms with Crippen molar-refractivity contribution in [1.82, 2.24) is 0 Å². The fourth-order valence-corrected chi connectivity index (χ4v) is 11.6. The fraction of sp³-hybridized carbons (Fsp3) is 0.537. The minimum absolute atomic E-state index is 0. The quantitative estimate of drug-likeness (QED) is 0.152. The molecule has 49 heavy (non-hydrogen) atoms. The van der Waals surface area contributed by atoms with Crippen LogP contribution in [0.4, 0.5) is 0 Å². The summed E-state index contributed by atoms with van der Waals surface area (Å²) in [5, 5.41) is 10.3. The summed E-state index contributed by atoms with van der Waals surface area (Å²) in [4.78, 5) is 29.5. The number of aliphatic carboxylic acids is 1. The molecule has 3 nitrogen and oxygen atoms in total. The SMILES string of the molecule is C/C=C(\C)C(=O)O.CC1=C(C)C(C)c2c1sc1c2CCCC1.CC1C(=O)c2sc3c(c2C1C)CCCC3.[Br-].[CH3-].[Mg+2].c1cc2c(s1)CCCC2. The van der Waals surface area contributed by atoms with E-state index in [1.807, 2.05) is 11.3 Å². The van der Waals surface area contributed by atoms with E-state index in [2.05, 4.69) is 57.4 Å². The topological polar surface area (TPSA) is 54.4 Å². The number of halogens is 1. The largest absolute Gasteiger partial charge is 2.00 e. The summed E-state index contributed by atoms with van der Waals surface area (Å²) >= 11 is 5.80. The van der Waals surface area contributed by atoms with Crippen LogP contribution in [0.5, 0.6) is 0 Å². The monoisotopic (exact) mass is 794 g/mol. The van der Waals surface area contributed by atoms with E-state index in [1.54, 1.807) is 79.3 Å². The summed E-state index contributed by atoms with van der Waals surface area (Å²) in [5.41, 5.74) is 11.6. The summed E-state index contributed by atoms with van der Waals surface area (Å²) in [6.07, 6.45) is 17.6. The van der Waals surface area contributed by atoms with Crippen molar-refractivity contribution in [2.24, 2.45) is 5.92 Å². The summed E-state index contributed by atoms with van der Waals surface area (Å²) in [6, 6.07) is 2.28. The summed E-state index contributed by atoms with van der Waals surface area (Å²) in [6.45, 7) is 14.5. The van der Waals surface area contributed by atoms with Crippen LogP contribution in [0.2, 0.25) is 0 Å². The van der Waals surface area contributed by atoms with Gasteiger partial charge in [-0.25, -0.2) is 4.79 Å². The first-order chi connectivity index (χ1) is 22.0. The second-order valence-electron chi connectivity index (χ2n) is 13.7. The molecule has 3 atom stereocenters. The van der Waals surface area contributed by atoms with E-state index in [1.165, 1.54) is 87.5 Å². The van der Waals surface area contributed by atoms with Crippen molar-refractivity contribution in [1.29, 1.82) is 0 Å². The molecule has 3 heterocycles. The number of rotatable bonds is 1. The minimum Gasteiger partial charge on any atom is -1.00 e. The molecule has 0 radical (unpaired) electrons. The Kier molecular flexibility index (Phi) is 17.7. The van der Waals surface area contributed by atoms with Gasteiger partial charge in [0.15, 0.2) is 5.78 Å². The van der Waals surface area contributed by atoms with Crippen LogP contribution < -0.4 is 17.0 Å². The Morgan fingerprint density at radius 1 is 0.796 bits per heavy atom. The molecular weight excluding hydrogens is 741 g/mol. The van der Waals surface area contributed by atoms with E-state index in [0.717, 1.165) is 4.88 Å². The van der Waals surface area contributed by atoms with E-state index in [0.29, 0.717) is 23.2 Å². The zero-order valence-electron chi connectivity index (χ0n) is 31.0. The Hall–Kier alpha value is -1.03. The number of hydrogen-bond donors (Lipinski definition) is 1. The number of ketones is 1. The predicted molar refractivity (Wildman–Crippen MR) is 211 cm³/mol. The third-order valence-corrected chi connectivity index (χ3v) is 14.8.